The van der Waals surface area contributed by atoms with Gasteiger partial charge >= 0.3 is 32.3 Å². The Bertz CT molecular complexity index is 1060. The monoisotopic (exact) mass is 676 g/mol. The molecule has 0 fully saturated rings. The SMILES string of the molecule is [O-]c1ccccc1/C=N/c1nccs1.[O-]c1ccccc1/C=N/c1nccs1.[O]=[U+2]=[O]. The maximum atomic E-state index is 11.3. The number of hydrogen-bond acceptors (Lipinski definition) is 10. The van der Waals surface area contributed by atoms with Crippen LogP contribution in [-0.4, -0.2) is 22.4 Å². The molecular weight excluding hydrogens is 662 g/mol. The molecule has 0 aliphatic heterocycles. The van der Waals surface area contributed by atoms with Crippen molar-refractivity contribution in [1.29, 1.82) is 0 Å². The van der Waals surface area contributed by atoms with Crippen LogP contribution in [0.15, 0.2) is 81.7 Å². The molecule has 4 aromatic rings. The standard InChI is InChI=1S/2C10H8N2OS.2O.U/c2*13-9-4-2-1-3-8(9)7-12-10-11-5-6-14-10;;;/h2*1-7,13H;;;/q;;;;+2/p-2/b2*12-7+;;;. The molecule has 0 radical (unpaired) electrons. The summed E-state index contributed by atoms with van der Waals surface area (Å²) in [5.74, 6) is -0.0411. The summed E-state index contributed by atoms with van der Waals surface area (Å²) in [5, 5.41) is 27.5. The molecule has 11 heteroatoms. The van der Waals surface area contributed by atoms with Crippen LogP contribution in [0.25, 0.3) is 0 Å². The van der Waals surface area contributed by atoms with E-state index in [2.05, 4.69) is 20.0 Å². The van der Waals surface area contributed by atoms with Gasteiger partial charge in [0.1, 0.15) is 0 Å². The van der Waals surface area contributed by atoms with Crippen molar-refractivity contribution in [2.45, 2.75) is 0 Å². The Morgan fingerprint density at radius 3 is 1.45 bits per heavy atom. The normalized spacial score (nSPS) is 10.1. The topological polar surface area (TPSA) is 131 Å². The molecule has 2 aromatic carbocycles. The second kappa shape index (κ2) is 14.3. The van der Waals surface area contributed by atoms with E-state index < -0.39 is 27.8 Å². The first kappa shape index (κ1) is 24.6. The molecule has 0 atom stereocenters. The molecule has 0 aliphatic rings. The molecule has 0 amide bonds. The Kier molecular flexibility index (Phi) is 11.3. The zero-order valence-electron chi connectivity index (χ0n) is 15.8. The minimum atomic E-state index is -2.51. The summed E-state index contributed by atoms with van der Waals surface area (Å²) in [6, 6.07) is 13.5. The van der Waals surface area contributed by atoms with Crippen LogP contribution in [0.3, 0.4) is 0 Å². The minimum absolute atomic E-state index is 0.0205. The zero-order chi connectivity index (χ0) is 22.3. The number of benzene rings is 2. The molecule has 0 saturated heterocycles. The molecule has 154 valence electrons. The van der Waals surface area contributed by atoms with Gasteiger partial charge in [0.05, 0.1) is 0 Å². The van der Waals surface area contributed by atoms with Crippen molar-refractivity contribution in [2.75, 3.05) is 0 Å². The van der Waals surface area contributed by atoms with Gasteiger partial charge in [-0.25, -0.2) is 20.0 Å². The van der Waals surface area contributed by atoms with E-state index in [1.165, 1.54) is 34.8 Å². The van der Waals surface area contributed by atoms with Crippen LogP contribution in [0.1, 0.15) is 11.1 Å². The summed E-state index contributed by atoms with van der Waals surface area (Å²) in [4.78, 5) is 16.1. The average Bonchev–Trinajstić information content (AvgIpc) is 3.48. The third-order valence-corrected chi connectivity index (χ3v) is 4.66. The summed E-state index contributed by atoms with van der Waals surface area (Å²) in [5.41, 5.74) is 1.17. The number of para-hydroxylation sites is 2. The number of thiazole rings is 2. The Morgan fingerprint density at radius 1 is 0.742 bits per heavy atom. The fraction of sp³-hybridized carbons (Fsp3) is 0. The van der Waals surface area contributed by atoms with Gasteiger partial charge in [0.15, 0.2) is 0 Å². The summed E-state index contributed by atoms with van der Waals surface area (Å²) in [6.45, 7) is 0. The number of rotatable bonds is 4. The Morgan fingerprint density at radius 2 is 1.13 bits per heavy atom. The molecule has 0 spiro atoms. The quantitative estimate of drug-likeness (QED) is 0.303. The number of aromatic nitrogens is 2. The van der Waals surface area contributed by atoms with Crippen LogP contribution in [-0.2, 0) is 4.47 Å². The van der Waals surface area contributed by atoms with Crippen molar-refractivity contribution in [3.63, 3.8) is 0 Å². The fourth-order valence-corrected chi connectivity index (χ4v) is 2.94. The second-order valence-corrected chi connectivity index (χ2v) is 7.74. The van der Waals surface area contributed by atoms with Crippen molar-refractivity contribution in [2.24, 2.45) is 9.98 Å². The van der Waals surface area contributed by atoms with E-state index in [9.17, 15) is 10.2 Å². The van der Waals surface area contributed by atoms with Crippen molar-refractivity contribution >= 4 is 45.4 Å². The van der Waals surface area contributed by atoms with Gasteiger partial charge < -0.3 is 10.2 Å². The van der Waals surface area contributed by atoms with Gasteiger partial charge in [-0.3, -0.25) is 0 Å². The van der Waals surface area contributed by atoms with Gasteiger partial charge in [-0.2, -0.15) is 0 Å². The first-order chi connectivity index (χ1) is 15.1. The molecule has 0 saturated carbocycles. The summed E-state index contributed by atoms with van der Waals surface area (Å²) < 4.78 is 17.2. The Labute approximate surface area is 201 Å². The third-order valence-electron chi connectivity index (χ3n) is 3.30. The predicted molar refractivity (Wildman–Crippen MR) is 112 cm³/mol. The fourth-order valence-electron chi connectivity index (χ4n) is 1.98. The van der Waals surface area contributed by atoms with Crippen LogP contribution >= 0.6 is 22.7 Å². The van der Waals surface area contributed by atoms with Gasteiger partial charge in [-0.15, -0.1) is 34.2 Å². The first-order valence-corrected chi connectivity index (χ1v) is 13.7. The number of aliphatic imine (C=N–C) groups is 2. The Balaban J connectivity index is 0.000000196. The van der Waals surface area contributed by atoms with Crippen molar-refractivity contribution in [1.82, 2.24) is 9.97 Å². The molecule has 0 aliphatic carbocycles. The molecular formula is C20H14N4O4S2U. The molecule has 2 aromatic heterocycles. The van der Waals surface area contributed by atoms with Crippen LogP contribution in [0.2, 0.25) is 0 Å². The van der Waals surface area contributed by atoms with E-state index in [1.807, 2.05) is 22.9 Å². The second-order valence-electron chi connectivity index (χ2n) is 5.30. The Hall–Kier alpha value is -2.71. The van der Waals surface area contributed by atoms with Gasteiger partial charge in [-0.1, -0.05) is 48.5 Å². The zero-order valence-corrected chi connectivity index (χ0v) is 21.6. The molecule has 4 rings (SSSR count). The van der Waals surface area contributed by atoms with Gasteiger partial charge in [-0.05, 0) is 11.1 Å². The molecule has 8 nitrogen and oxygen atoms in total. The van der Waals surface area contributed by atoms with Gasteiger partial charge in [0.25, 0.3) is 0 Å². The van der Waals surface area contributed by atoms with Gasteiger partial charge in [0.2, 0.25) is 10.3 Å². The van der Waals surface area contributed by atoms with Crippen molar-refractivity contribution in [3.05, 3.63) is 82.8 Å². The molecule has 31 heavy (non-hydrogen) atoms. The summed E-state index contributed by atoms with van der Waals surface area (Å²) >= 11 is 0.369. The molecule has 0 unspecified atom stereocenters. The van der Waals surface area contributed by atoms with E-state index >= 15 is 0 Å². The van der Waals surface area contributed by atoms with E-state index in [0.717, 1.165) is 0 Å². The van der Waals surface area contributed by atoms with E-state index in [1.54, 1.807) is 49.1 Å². The summed E-state index contributed by atoms with van der Waals surface area (Å²) in [6.07, 6.45) is 6.45. The van der Waals surface area contributed by atoms with E-state index in [-0.39, 0.29) is 11.5 Å². The third kappa shape index (κ3) is 9.32. The molecule has 0 bridgehead atoms. The van der Waals surface area contributed by atoms with Gasteiger partial charge in [0, 0.05) is 35.6 Å². The number of hydrogen-bond donors (Lipinski definition) is 0. The van der Waals surface area contributed by atoms with Crippen LogP contribution in [0.4, 0.5) is 10.3 Å². The van der Waals surface area contributed by atoms with Crippen LogP contribution < -0.4 is 10.2 Å². The molecule has 2 heterocycles. The maximum absolute atomic E-state index is 11.3. The number of nitrogens with zero attached hydrogens (tertiary/aromatic N) is 4. The predicted octanol–water partition coefficient (Wildman–Crippen LogP) is 3.70. The van der Waals surface area contributed by atoms with E-state index in [4.69, 9.17) is 4.47 Å². The van der Waals surface area contributed by atoms with Crippen molar-refractivity contribution < 1.29 is 42.5 Å². The first-order valence-electron chi connectivity index (χ1n) is 8.52. The average molecular weight is 677 g/mol. The van der Waals surface area contributed by atoms with Crippen LogP contribution in [0, 0.1) is 27.8 Å². The van der Waals surface area contributed by atoms with Crippen molar-refractivity contribution in [3.8, 4) is 11.5 Å². The van der Waals surface area contributed by atoms with Crippen LogP contribution in [0.5, 0.6) is 11.5 Å². The molecule has 0 N–H and O–H groups in total. The summed E-state index contributed by atoms with van der Waals surface area (Å²) in [7, 11) is 0. The van der Waals surface area contributed by atoms with E-state index in [0.29, 0.717) is 21.4 Å².